The van der Waals surface area contributed by atoms with Crippen molar-refractivity contribution < 1.29 is 14.6 Å². The third-order valence-corrected chi connectivity index (χ3v) is 9.02. The summed E-state index contributed by atoms with van der Waals surface area (Å²) in [5, 5.41) is 9.33. The number of rotatable bonds is 14. The lowest BCUT2D eigenvalue weighted by Gasteiger charge is -2.38. The Bertz CT molecular complexity index is 797. The second-order valence-electron chi connectivity index (χ2n) is 11.8. The van der Waals surface area contributed by atoms with Crippen molar-refractivity contribution in [3.8, 4) is 0 Å². The first-order valence-corrected chi connectivity index (χ1v) is 15.1. The molecule has 0 saturated heterocycles. The minimum Gasteiger partial charge on any atom is -0.462 e. The molecule has 0 aliphatic heterocycles. The summed E-state index contributed by atoms with van der Waals surface area (Å²) >= 11 is 0. The largest absolute Gasteiger partial charge is 0.462 e. The minimum atomic E-state index is -0.300. The standard InChI is InChI=1S/C33H52O3/c1-4-5-6-9-26-12-14-28(15-13-26)29-16-18-30(19-17-29)32-21-20-27(10-7-22-34)31(24-32)11-8-23-36-33(35)25(2)3/h20-21,24,26,28-30,34H,2,4-19,22-23H2,1,3H3. The molecule has 3 heteroatoms. The summed E-state index contributed by atoms with van der Waals surface area (Å²) in [5.74, 6) is 3.32. The lowest BCUT2D eigenvalue weighted by molar-refractivity contribution is -0.139. The second kappa shape index (κ2) is 15.6. The van der Waals surface area contributed by atoms with Crippen LogP contribution in [0.2, 0.25) is 0 Å². The van der Waals surface area contributed by atoms with E-state index < -0.39 is 0 Å². The Kier molecular flexibility index (Phi) is 12.5. The maximum atomic E-state index is 11.7. The Balaban J connectivity index is 1.50. The monoisotopic (exact) mass is 496 g/mol. The second-order valence-corrected chi connectivity index (χ2v) is 11.8. The Morgan fingerprint density at radius 3 is 2.22 bits per heavy atom. The first kappa shape index (κ1) is 29.0. The highest BCUT2D eigenvalue weighted by Crippen LogP contribution is 2.44. The summed E-state index contributed by atoms with van der Waals surface area (Å²) < 4.78 is 5.31. The van der Waals surface area contributed by atoms with E-state index in [1.807, 2.05) is 0 Å². The summed E-state index contributed by atoms with van der Waals surface area (Å²) in [6, 6.07) is 7.08. The van der Waals surface area contributed by atoms with Crippen molar-refractivity contribution in [3.63, 3.8) is 0 Å². The van der Waals surface area contributed by atoms with Crippen molar-refractivity contribution in [3.05, 3.63) is 47.0 Å². The van der Waals surface area contributed by atoms with Crippen molar-refractivity contribution in [1.82, 2.24) is 0 Å². The number of carbonyl (C=O) groups excluding carboxylic acids is 1. The van der Waals surface area contributed by atoms with E-state index in [9.17, 15) is 9.90 Å². The van der Waals surface area contributed by atoms with Gasteiger partial charge in [-0.3, -0.25) is 0 Å². The molecule has 1 aromatic rings. The van der Waals surface area contributed by atoms with Gasteiger partial charge in [0.1, 0.15) is 0 Å². The first-order chi connectivity index (χ1) is 17.5. The molecular weight excluding hydrogens is 444 g/mol. The van der Waals surface area contributed by atoms with E-state index in [0.717, 1.165) is 43.4 Å². The minimum absolute atomic E-state index is 0.224. The number of hydrogen-bond acceptors (Lipinski definition) is 3. The van der Waals surface area contributed by atoms with Crippen LogP contribution in [0.15, 0.2) is 30.4 Å². The van der Waals surface area contributed by atoms with Crippen LogP contribution in [0.1, 0.15) is 126 Å². The number of esters is 1. The zero-order valence-corrected chi connectivity index (χ0v) is 23.2. The summed E-state index contributed by atoms with van der Waals surface area (Å²) in [5.41, 5.74) is 4.66. The molecule has 0 bridgehead atoms. The maximum absolute atomic E-state index is 11.7. The number of hydrogen-bond donors (Lipinski definition) is 1. The van der Waals surface area contributed by atoms with Crippen LogP contribution >= 0.6 is 0 Å². The van der Waals surface area contributed by atoms with Crippen LogP contribution in [0.5, 0.6) is 0 Å². The van der Waals surface area contributed by atoms with Crippen molar-refractivity contribution in [2.75, 3.05) is 13.2 Å². The summed E-state index contributed by atoms with van der Waals surface area (Å²) in [4.78, 5) is 11.7. The number of carbonyl (C=O) groups is 1. The Labute approximate surface area is 221 Å². The van der Waals surface area contributed by atoms with Gasteiger partial charge in [-0.05, 0) is 111 Å². The zero-order valence-electron chi connectivity index (χ0n) is 23.2. The van der Waals surface area contributed by atoms with Crippen LogP contribution < -0.4 is 0 Å². The molecule has 0 heterocycles. The molecule has 0 aromatic heterocycles. The third kappa shape index (κ3) is 9.05. The summed E-state index contributed by atoms with van der Waals surface area (Å²) in [7, 11) is 0. The molecule has 3 rings (SSSR count). The predicted molar refractivity (Wildman–Crippen MR) is 150 cm³/mol. The molecule has 202 valence electrons. The van der Waals surface area contributed by atoms with Crippen LogP contribution in [-0.2, 0) is 22.4 Å². The number of aliphatic hydroxyl groups is 1. The molecule has 0 spiro atoms. The molecule has 36 heavy (non-hydrogen) atoms. The van der Waals surface area contributed by atoms with Gasteiger partial charge in [-0.1, -0.05) is 70.2 Å². The van der Waals surface area contributed by atoms with Crippen molar-refractivity contribution in [2.45, 2.75) is 122 Å². The molecule has 0 unspecified atom stereocenters. The number of ether oxygens (including phenoxy) is 1. The molecule has 0 amide bonds. The van der Waals surface area contributed by atoms with Gasteiger partial charge in [0.05, 0.1) is 6.61 Å². The van der Waals surface area contributed by atoms with Gasteiger partial charge >= 0.3 is 5.97 Å². The Morgan fingerprint density at radius 2 is 1.58 bits per heavy atom. The zero-order chi connectivity index (χ0) is 25.8. The van der Waals surface area contributed by atoms with Crippen molar-refractivity contribution in [1.29, 1.82) is 0 Å². The summed E-state index contributed by atoms with van der Waals surface area (Å²) in [6.07, 6.45) is 20.5. The number of benzene rings is 1. The van der Waals surface area contributed by atoms with Crippen LogP contribution in [0.3, 0.4) is 0 Å². The molecule has 2 aliphatic rings. The van der Waals surface area contributed by atoms with E-state index in [4.69, 9.17) is 4.74 Å². The molecule has 3 nitrogen and oxygen atoms in total. The van der Waals surface area contributed by atoms with Crippen LogP contribution in [-0.4, -0.2) is 24.3 Å². The van der Waals surface area contributed by atoms with E-state index in [1.54, 1.807) is 6.92 Å². The topological polar surface area (TPSA) is 46.5 Å². The number of aryl methyl sites for hydroxylation is 2. The Hall–Kier alpha value is -1.61. The smallest absolute Gasteiger partial charge is 0.333 e. The van der Waals surface area contributed by atoms with E-state index in [0.29, 0.717) is 18.1 Å². The normalized spacial score (nSPS) is 24.4. The highest BCUT2D eigenvalue weighted by atomic mass is 16.5. The van der Waals surface area contributed by atoms with Crippen LogP contribution in [0.4, 0.5) is 0 Å². The average molecular weight is 497 g/mol. The lowest BCUT2D eigenvalue weighted by atomic mass is 9.68. The van der Waals surface area contributed by atoms with Gasteiger partial charge in [0.15, 0.2) is 0 Å². The van der Waals surface area contributed by atoms with Crippen LogP contribution in [0, 0.1) is 17.8 Å². The van der Waals surface area contributed by atoms with Gasteiger partial charge in [0.25, 0.3) is 0 Å². The molecule has 2 fully saturated rings. The SMILES string of the molecule is C=C(C)C(=O)OCCCc1cc(C2CCC(C3CCC(CCCCC)CC3)CC2)ccc1CCCO. The molecule has 1 N–H and O–H groups in total. The summed E-state index contributed by atoms with van der Waals surface area (Å²) in [6.45, 7) is 8.31. The van der Waals surface area contributed by atoms with Gasteiger partial charge in [-0.2, -0.15) is 0 Å². The fourth-order valence-corrected chi connectivity index (χ4v) is 6.75. The van der Waals surface area contributed by atoms with E-state index >= 15 is 0 Å². The molecule has 2 saturated carbocycles. The van der Waals surface area contributed by atoms with E-state index in [2.05, 4.69) is 31.7 Å². The third-order valence-electron chi connectivity index (χ3n) is 9.02. The quantitative estimate of drug-likeness (QED) is 0.160. The fraction of sp³-hybridized carbons (Fsp3) is 0.727. The van der Waals surface area contributed by atoms with Crippen LogP contribution in [0.25, 0.3) is 0 Å². The van der Waals surface area contributed by atoms with Crippen molar-refractivity contribution >= 4 is 5.97 Å². The molecule has 0 atom stereocenters. The van der Waals surface area contributed by atoms with E-state index in [1.165, 1.54) is 93.7 Å². The number of unbranched alkanes of at least 4 members (excludes halogenated alkanes) is 2. The van der Waals surface area contributed by atoms with E-state index in [-0.39, 0.29) is 12.6 Å². The predicted octanol–water partition coefficient (Wildman–Crippen LogP) is 8.32. The van der Waals surface area contributed by atoms with Gasteiger partial charge in [0, 0.05) is 12.2 Å². The molecule has 0 radical (unpaired) electrons. The van der Waals surface area contributed by atoms with Gasteiger partial charge in [-0.15, -0.1) is 0 Å². The highest BCUT2D eigenvalue weighted by Gasteiger charge is 2.31. The average Bonchev–Trinajstić information content (AvgIpc) is 2.90. The maximum Gasteiger partial charge on any atom is 0.333 e. The molecule has 1 aromatic carbocycles. The highest BCUT2D eigenvalue weighted by molar-refractivity contribution is 5.86. The van der Waals surface area contributed by atoms with Gasteiger partial charge in [0.2, 0.25) is 0 Å². The van der Waals surface area contributed by atoms with Gasteiger partial charge < -0.3 is 9.84 Å². The van der Waals surface area contributed by atoms with Gasteiger partial charge in [-0.25, -0.2) is 4.79 Å². The molecule has 2 aliphatic carbocycles. The van der Waals surface area contributed by atoms with Crippen molar-refractivity contribution in [2.24, 2.45) is 17.8 Å². The fourth-order valence-electron chi connectivity index (χ4n) is 6.75. The number of aliphatic hydroxyl groups excluding tert-OH is 1. The first-order valence-electron chi connectivity index (χ1n) is 15.1. The lowest BCUT2D eigenvalue weighted by Crippen LogP contribution is -2.25. The molecular formula is C33H52O3. The Morgan fingerprint density at radius 1 is 0.917 bits per heavy atom.